The van der Waals surface area contributed by atoms with Gasteiger partial charge in [-0.1, -0.05) is 0 Å². The van der Waals surface area contributed by atoms with Gasteiger partial charge in [0, 0.05) is 18.3 Å². The predicted molar refractivity (Wildman–Crippen MR) is 90.1 cm³/mol. The van der Waals surface area contributed by atoms with E-state index in [1.807, 2.05) is 34.7 Å². The lowest BCUT2D eigenvalue weighted by Crippen LogP contribution is -2.19. The van der Waals surface area contributed by atoms with E-state index in [0.717, 1.165) is 22.5 Å². The zero-order valence-corrected chi connectivity index (χ0v) is 15.0. The number of aromatic nitrogens is 2. The SMILES string of the molecule is COC(=O)c1sc(NC(=O)[C@H](C)c2c(C)nn(C)c2C)cc1C. The van der Waals surface area contributed by atoms with E-state index in [1.165, 1.54) is 18.4 Å². The molecule has 0 fully saturated rings. The first kappa shape index (κ1) is 17.2. The molecule has 2 rings (SSSR count). The van der Waals surface area contributed by atoms with Gasteiger partial charge in [-0.15, -0.1) is 11.3 Å². The van der Waals surface area contributed by atoms with Crippen LogP contribution in [-0.4, -0.2) is 28.8 Å². The highest BCUT2D eigenvalue weighted by Crippen LogP contribution is 2.29. The van der Waals surface area contributed by atoms with Gasteiger partial charge in [-0.2, -0.15) is 5.10 Å². The highest BCUT2D eigenvalue weighted by Gasteiger charge is 2.24. The van der Waals surface area contributed by atoms with Crippen molar-refractivity contribution in [2.45, 2.75) is 33.6 Å². The van der Waals surface area contributed by atoms with E-state index in [0.29, 0.717) is 9.88 Å². The molecule has 0 saturated heterocycles. The summed E-state index contributed by atoms with van der Waals surface area (Å²) < 4.78 is 6.51. The standard InChI is InChI=1S/C16H21N3O3S/c1-8-7-12(23-14(8)16(21)22-6)17-15(20)9(2)13-10(3)18-19(5)11(13)4/h7,9H,1-6H3,(H,17,20)/t9-/m1/s1. The maximum Gasteiger partial charge on any atom is 0.348 e. The number of nitrogens with one attached hydrogen (secondary N) is 1. The quantitative estimate of drug-likeness (QED) is 0.872. The van der Waals surface area contributed by atoms with E-state index >= 15 is 0 Å². The summed E-state index contributed by atoms with van der Waals surface area (Å²) in [6.07, 6.45) is 0. The number of thiophene rings is 1. The van der Waals surface area contributed by atoms with Crippen molar-refractivity contribution >= 4 is 28.2 Å². The minimum absolute atomic E-state index is 0.123. The van der Waals surface area contributed by atoms with E-state index in [2.05, 4.69) is 10.4 Å². The number of methoxy groups -OCH3 is 1. The molecule has 0 bridgehead atoms. The second-order valence-corrected chi connectivity index (χ2v) is 6.59. The second kappa shape index (κ2) is 6.54. The molecule has 2 heterocycles. The third kappa shape index (κ3) is 3.29. The number of amides is 1. The molecule has 0 aliphatic rings. The van der Waals surface area contributed by atoms with Crippen LogP contribution in [0.25, 0.3) is 0 Å². The van der Waals surface area contributed by atoms with Gasteiger partial charge in [0.05, 0.1) is 23.7 Å². The zero-order chi connectivity index (χ0) is 17.3. The molecule has 2 aromatic rings. The summed E-state index contributed by atoms with van der Waals surface area (Å²) in [7, 11) is 3.21. The Bertz CT molecular complexity index is 761. The first-order valence-corrected chi connectivity index (χ1v) is 8.07. The van der Waals surface area contributed by atoms with Crippen LogP contribution in [0.1, 0.15) is 45.0 Å². The summed E-state index contributed by atoms with van der Waals surface area (Å²) in [5.41, 5.74) is 3.55. The molecule has 0 radical (unpaired) electrons. The molecule has 0 aliphatic heterocycles. The fraction of sp³-hybridized carbons (Fsp3) is 0.438. The molecule has 1 N–H and O–H groups in total. The highest BCUT2D eigenvalue weighted by molar-refractivity contribution is 7.18. The smallest absolute Gasteiger partial charge is 0.348 e. The van der Waals surface area contributed by atoms with Crippen LogP contribution in [0.3, 0.4) is 0 Å². The summed E-state index contributed by atoms with van der Waals surface area (Å²) in [4.78, 5) is 24.7. The molecule has 124 valence electrons. The van der Waals surface area contributed by atoms with Gasteiger partial charge in [0.25, 0.3) is 0 Å². The summed E-state index contributed by atoms with van der Waals surface area (Å²) in [5.74, 6) is -0.838. The second-order valence-electron chi connectivity index (χ2n) is 5.53. The van der Waals surface area contributed by atoms with Gasteiger partial charge in [-0.25, -0.2) is 4.79 Å². The Morgan fingerprint density at radius 1 is 1.35 bits per heavy atom. The van der Waals surface area contributed by atoms with Gasteiger partial charge in [0.1, 0.15) is 4.88 Å². The third-order valence-corrected chi connectivity index (χ3v) is 5.06. The molecule has 2 aromatic heterocycles. The number of ether oxygens (including phenoxy) is 1. The van der Waals surface area contributed by atoms with Crippen molar-refractivity contribution in [2.24, 2.45) is 7.05 Å². The molecule has 23 heavy (non-hydrogen) atoms. The molecule has 0 spiro atoms. The Morgan fingerprint density at radius 2 is 2.00 bits per heavy atom. The predicted octanol–water partition coefficient (Wildman–Crippen LogP) is 2.94. The fourth-order valence-electron chi connectivity index (χ4n) is 2.62. The van der Waals surface area contributed by atoms with Gasteiger partial charge < -0.3 is 10.1 Å². The lowest BCUT2D eigenvalue weighted by molar-refractivity contribution is -0.117. The average molecular weight is 335 g/mol. The molecular formula is C16H21N3O3S. The number of anilines is 1. The summed E-state index contributed by atoms with van der Waals surface area (Å²) in [6, 6.07) is 1.78. The van der Waals surface area contributed by atoms with Gasteiger partial charge in [0.15, 0.2) is 0 Å². The van der Waals surface area contributed by atoms with E-state index in [-0.39, 0.29) is 17.8 Å². The van der Waals surface area contributed by atoms with Crippen molar-refractivity contribution in [1.29, 1.82) is 0 Å². The highest BCUT2D eigenvalue weighted by atomic mass is 32.1. The van der Waals surface area contributed by atoms with Crippen LogP contribution in [0.15, 0.2) is 6.07 Å². The van der Waals surface area contributed by atoms with Crippen LogP contribution in [-0.2, 0) is 16.6 Å². The van der Waals surface area contributed by atoms with E-state index in [4.69, 9.17) is 4.74 Å². The third-order valence-electron chi connectivity index (χ3n) is 3.93. The Balaban J connectivity index is 2.20. The normalized spacial score (nSPS) is 12.1. The number of hydrogen-bond donors (Lipinski definition) is 1. The minimum Gasteiger partial charge on any atom is -0.465 e. The maximum atomic E-state index is 12.5. The first-order chi connectivity index (χ1) is 10.8. The Labute approximate surface area is 139 Å². The topological polar surface area (TPSA) is 73.2 Å². The number of esters is 1. The first-order valence-electron chi connectivity index (χ1n) is 7.26. The Morgan fingerprint density at radius 3 is 2.52 bits per heavy atom. The molecule has 0 aliphatic carbocycles. The summed E-state index contributed by atoms with van der Waals surface area (Å²) in [5, 5.41) is 7.87. The van der Waals surface area contributed by atoms with Crippen LogP contribution in [0.4, 0.5) is 5.00 Å². The van der Waals surface area contributed by atoms with E-state index in [9.17, 15) is 9.59 Å². The number of carbonyl (C=O) groups excluding carboxylic acids is 2. The summed E-state index contributed by atoms with van der Waals surface area (Å²) >= 11 is 1.22. The van der Waals surface area contributed by atoms with Crippen LogP contribution in [0, 0.1) is 20.8 Å². The lowest BCUT2D eigenvalue weighted by Gasteiger charge is -2.12. The van der Waals surface area contributed by atoms with E-state index in [1.54, 1.807) is 10.7 Å². The van der Waals surface area contributed by atoms with Crippen LogP contribution in [0.2, 0.25) is 0 Å². The van der Waals surface area contributed by atoms with Crippen molar-refractivity contribution in [1.82, 2.24) is 9.78 Å². The molecule has 0 unspecified atom stereocenters. The van der Waals surface area contributed by atoms with Crippen molar-refractivity contribution < 1.29 is 14.3 Å². The molecule has 1 atom stereocenters. The van der Waals surface area contributed by atoms with Crippen molar-refractivity contribution in [3.05, 3.63) is 33.5 Å². The zero-order valence-electron chi connectivity index (χ0n) is 14.2. The Kier molecular flexibility index (Phi) is 4.89. The van der Waals surface area contributed by atoms with Crippen LogP contribution >= 0.6 is 11.3 Å². The van der Waals surface area contributed by atoms with E-state index < -0.39 is 0 Å². The largest absolute Gasteiger partial charge is 0.465 e. The monoisotopic (exact) mass is 335 g/mol. The number of hydrogen-bond acceptors (Lipinski definition) is 5. The molecule has 0 aromatic carbocycles. The van der Waals surface area contributed by atoms with Gasteiger partial charge in [0.2, 0.25) is 5.91 Å². The van der Waals surface area contributed by atoms with Crippen molar-refractivity contribution in [3.63, 3.8) is 0 Å². The van der Waals surface area contributed by atoms with Crippen molar-refractivity contribution in [2.75, 3.05) is 12.4 Å². The Hall–Kier alpha value is -2.15. The number of carbonyl (C=O) groups is 2. The molecule has 6 nitrogen and oxygen atoms in total. The molecule has 0 saturated carbocycles. The van der Waals surface area contributed by atoms with Gasteiger partial charge >= 0.3 is 5.97 Å². The molecule has 7 heteroatoms. The van der Waals surface area contributed by atoms with Crippen molar-refractivity contribution in [3.8, 4) is 0 Å². The summed E-state index contributed by atoms with van der Waals surface area (Å²) in [6.45, 7) is 7.52. The van der Waals surface area contributed by atoms with Gasteiger partial charge in [-0.05, 0) is 39.3 Å². The number of rotatable bonds is 4. The van der Waals surface area contributed by atoms with Crippen LogP contribution < -0.4 is 5.32 Å². The number of nitrogens with zero attached hydrogens (tertiary/aromatic N) is 2. The molecular weight excluding hydrogens is 314 g/mol. The minimum atomic E-state index is -0.389. The average Bonchev–Trinajstić information content (AvgIpc) is 2.97. The van der Waals surface area contributed by atoms with Crippen LogP contribution in [0.5, 0.6) is 0 Å². The fourth-order valence-corrected chi connectivity index (χ4v) is 3.61. The lowest BCUT2D eigenvalue weighted by atomic mass is 9.98. The molecule has 1 amide bonds. The maximum absolute atomic E-state index is 12.5. The number of aryl methyl sites for hydroxylation is 3. The van der Waals surface area contributed by atoms with Gasteiger partial charge in [-0.3, -0.25) is 9.48 Å².